The van der Waals surface area contributed by atoms with E-state index in [1.54, 1.807) is 31.3 Å². The van der Waals surface area contributed by atoms with E-state index in [9.17, 15) is 19.8 Å². The van der Waals surface area contributed by atoms with Crippen molar-refractivity contribution >= 4 is 17.0 Å². The molecule has 3 rings (SSSR count). The van der Waals surface area contributed by atoms with Crippen molar-refractivity contribution in [2.24, 2.45) is 0 Å². The number of aliphatic hydroxyl groups is 2. The van der Waals surface area contributed by atoms with Crippen molar-refractivity contribution in [2.45, 2.75) is 44.1 Å². The number of carbonyl (C=O) groups is 1. The van der Waals surface area contributed by atoms with Crippen molar-refractivity contribution in [2.75, 3.05) is 7.05 Å². The maximum absolute atomic E-state index is 12.5. The molecule has 1 aliphatic rings. The largest absolute Gasteiger partial charge is 0.420 e. The summed E-state index contributed by atoms with van der Waals surface area (Å²) in [6.07, 6.45) is 0.124. The number of fused-ring (bicyclic) bond motifs is 1. The Bertz CT molecular complexity index is 765. The molecule has 1 saturated carbocycles. The molecule has 0 bridgehead atoms. The van der Waals surface area contributed by atoms with Gasteiger partial charge in [0.1, 0.15) is 12.6 Å². The maximum atomic E-state index is 12.5. The van der Waals surface area contributed by atoms with Crippen molar-refractivity contribution in [3.8, 4) is 0 Å². The normalized spacial score (nSPS) is 24.7. The molecule has 7 nitrogen and oxygen atoms in total. The molecule has 124 valence electrons. The van der Waals surface area contributed by atoms with E-state index < -0.39 is 24.0 Å². The standard InChI is InChI=1S/C16H20N2O5/c1-17(11-6-4-7-12(19)15(11)21)14(20)9-18-10-5-2-3-8-13(10)23-16(18)22/h2-3,5,8,11-12,15,19,21H,4,6-7,9H2,1H3/t11-,12-,15-/m1/s1. The molecule has 1 aliphatic carbocycles. The molecule has 0 aliphatic heterocycles. The molecule has 23 heavy (non-hydrogen) atoms. The summed E-state index contributed by atoms with van der Waals surface area (Å²) in [7, 11) is 1.58. The molecule has 2 N–H and O–H groups in total. The molecule has 3 atom stereocenters. The van der Waals surface area contributed by atoms with Crippen molar-refractivity contribution in [1.29, 1.82) is 0 Å². The van der Waals surface area contributed by atoms with E-state index in [0.29, 0.717) is 23.9 Å². The molecule has 0 saturated heterocycles. The summed E-state index contributed by atoms with van der Waals surface area (Å²) >= 11 is 0. The Balaban J connectivity index is 1.80. The Morgan fingerprint density at radius 2 is 2.09 bits per heavy atom. The lowest BCUT2D eigenvalue weighted by molar-refractivity contribution is -0.139. The van der Waals surface area contributed by atoms with Crippen molar-refractivity contribution in [3.63, 3.8) is 0 Å². The number of hydrogen-bond acceptors (Lipinski definition) is 5. The first-order valence-corrected chi connectivity index (χ1v) is 7.69. The number of amides is 1. The molecule has 0 spiro atoms. The molecular formula is C16H20N2O5. The van der Waals surface area contributed by atoms with E-state index in [2.05, 4.69) is 0 Å². The second-order valence-corrected chi connectivity index (χ2v) is 5.98. The minimum Gasteiger partial charge on any atom is -0.408 e. The van der Waals surface area contributed by atoms with Gasteiger partial charge in [0.2, 0.25) is 5.91 Å². The fourth-order valence-electron chi connectivity index (χ4n) is 3.15. The van der Waals surface area contributed by atoms with Gasteiger partial charge in [0, 0.05) is 7.05 Å². The summed E-state index contributed by atoms with van der Waals surface area (Å²) in [6, 6.07) is 6.46. The number of rotatable bonds is 3. The smallest absolute Gasteiger partial charge is 0.408 e. The number of likely N-dealkylation sites (N-methyl/N-ethyl adjacent to an activating group) is 1. The van der Waals surface area contributed by atoms with Crippen LogP contribution in [0.3, 0.4) is 0 Å². The van der Waals surface area contributed by atoms with E-state index in [1.165, 1.54) is 9.47 Å². The fraction of sp³-hybridized carbons (Fsp3) is 0.500. The minimum atomic E-state index is -0.962. The Morgan fingerprint density at radius 1 is 1.35 bits per heavy atom. The van der Waals surface area contributed by atoms with Gasteiger partial charge in [-0.05, 0) is 31.4 Å². The zero-order chi connectivity index (χ0) is 16.6. The zero-order valence-electron chi connectivity index (χ0n) is 12.9. The third-order valence-corrected chi connectivity index (χ3v) is 4.55. The first kappa shape index (κ1) is 15.8. The SMILES string of the molecule is CN(C(=O)Cn1c(=O)oc2ccccc21)[C@@H]1CCC[C@@H](O)[C@@H]1O. The average Bonchev–Trinajstić information content (AvgIpc) is 2.85. The second kappa shape index (κ2) is 6.17. The lowest BCUT2D eigenvalue weighted by Crippen LogP contribution is -2.52. The Morgan fingerprint density at radius 3 is 2.87 bits per heavy atom. The van der Waals surface area contributed by atoms with Gasteiger partial charge in [-0.1, -0.05) is 12.1 Å². The van der Waals surface area contributed by atoms with Crippen LogP contribution in [0.15, 0.2) is 33.5 Å². The second-order valence-electron chi connectivity index (χ2n) is 5.98. The zero-order valence-corrected chi connectivity index (χ0v) is 12.9. The van der Waals surface area contributed by atoms with Gasteiger partial charge >= 0.3 is 5.76 Å². The van der Waals surface area contributed by atoms with Gasteiger partial charge in [-0.15, -0.1) is 0 Å². The summed E-state index contributed by atoms with van der Waals surface area (Å²) in [4.78, 5) is 25.8. The summed E-state index contributed by atoms with van der Waals surface area (Å²) in [6.45, 7) is -0.161. The number of oxazole rings is 1. The number of aliphatic hydroxyl groups excluding tert-OH is 2. The molecule has 0 radical (unpaired) electrons. The van der Waals surface area contributed by atoms with Gasteiger partial charge < -0.3 is 19.5 Å². The molecule has 1 amide bonds. The highest BCUT2D eigenvalue weighted by molar-refractivity contribution is 5.79. The predicted octanol–water partition coefficient (Wildman–Crippen LogP) is 0.327. The number of nitrogens with zero attached hydrogens (tertiary/aromatic N) is 2. The van der Waals surface area contributed by atoms with Gasteiger partial charge in [0.25, 0.3) is 0 Å². The highest BCUT2D eigenvalue weighted by atomic mass is 16.4. The van der Waals surface area contributed by atoms with Crippen LogP contribution in [0.25, 0.3) is 11.1 Å². The molecule has 1 fully saturated rings. The number of para-hydroxylation sites is 2. The van der Waals surface area contributed by atoms with Crippen LogP contribution < -0.4 is 5.76 Å². The lowest BCUT2D eigenvalue weighted by atomic mass is 9.89. The maximum Gasteiger partial charge on any atom is 0.420 e. The lowest BCUT2D eigenvalue weighted by Gasteiger charge is -2.37. The van der Waals surface area contributed by atoms with Crippen LogP contribution in [0.4, 0.5) is 0 Å². The van der Waals surface area contributed by atoms with Gasteiger partial charge in [0.05, 0.1) is 17.7 Å². The molecule has 2 aromatic rings. The first-order valence-electron chi connectivity index (χ1n) is 7.69. The monoisotopic (exact) mass is 320 g/mol. The molecule has 1 aromatic heterocycles. The Hall–Kier alpha value is -2.12. The predicted molar refractivity (Wildman–Crippen MR) is 82.9 cm³/mol. The number of carbonyl (C=O) groups excluding carboxylic acids is 1. The van der Waals surface area contributed by atoms with E-state index >= 15 is 0 Å². The molecular weight excluding hydrogens is 300 g/mol. The number of hydrogen-bond donors (Lipinski definition) is 2. The van der Waals surface area contributed by atoms with E-state index in [4.69, 9.17) is 4.42 Å². The summed E-state index contributed by atoms with van der Waals surface area (Å²) < 4.78 is 6.39. The number of aromatic nitrogens is 1. The quantitative estimate of drug-likeness (QED) is 0.849. The fourth-order valence-corrected chi connectivity index (χ4v) is 3.15. The van der Waals surface area contributed by atoms with Crippen LogP contribution in [0, 0.1) is 0 Å². The van der Waals surface area contributed by atoms with Gasteiger partial charge in [-0.2, -0.15) is 0 Å². The molecule has 7 heteroatoms. The minimum absolute atomic E-state index is 0.161. The summed E-state index contributed by atoms with van der Waals surface area (Å²) in [5.41, 5.74) is 0.990. The van der Waals surface area contributed by atoms with Gasteiger partial charge in [-0.3, -0.25) is 9.36 Å². The molecule has 0 unspecified atom stereocenters. The first-order chi connectivity index (χ1) is 11.0. The number of benzene rings is 1. The van der Waals surface area contributed by atoms with Crippen LogP contribution in [0.1, 0.15) is 19.3 Å². The highest BCUT2D eigenvalue weighted by Crippen LogP contribution is 2.23. The van der Waals surface area contributed by atoms with Gasteiger partial charge in [0.15, 0.2) is 5.58 Å². The topological polar surface area (TPSA) is 95.9 Å². The average molecular weight is 320 g/mol. The molecule has 1 heterocycles. The van der Waals surface area contributed by atoms with Crippen LogP contribution >= 0.6 is 0 Å². The van der Waals surface area contributed by atoms with Crippen LogP contribution in [-0.2, 0) is 11.3 Å². The summed E-state index contributed by atoms with van der Waals surface area (Å²) in [5.74, 6) is -0.894. The third kappa shape index (κ3) is 2.89. The van der Waals surface area contributed by atoms with Crippen LogP contribution in [0.5, 0.6) is 0 Å². The third-order valence-electron chi connectivity index (χ3n) is 4.55. The van der Waals surface area contributed by atoms with Crippen molar-refractivity contribution in [3.05, 3.63) is 34.8 Å². The van der Waals surface area contributed by atoms with E-state index in [-0.39, 0.29) is 12.5 Å². The Kier molecular flexibility index (Phi) is 4.23. The molecule has 1 aromatic carbocycles. The van der Waals surface area contributed by atoms with Crippen LogP contribution in [-0.4, -0.2) is 50.9 Å². The van der Waals surface area contributed by atoms with E-state index in [1.807, 2.05) is 0 Å². The van der Waals surface area contributed by atoms with Crippen molar-refractivity contribution in [1.82, 2.24) is 9.47 Å². The van der Waals surface area contributed by atoms with Gasteiger partial charge in [-0.25, -0.2) is 4.79 Å². The highest BCUT2D eigenvalue weighted by Gasteiger charge is 2.35. The van der Waals surface area contributed by atoms with Crippen molar-refractivity contribution < 1.29 is 19.4 Å². The van der Waals surface area contributed by atoms with Crippen LogP contribution in [0.2, 0.25) is 0 Å². The van der Waals surface area contributed by atoms with E-state index in [0.717, 1.165) is 6.42 Å². The summed E-state index contributed by atoms with van der Waals surface area (Å²) in [5, 5.41) is 19.8. The Labute approximate surface area is 132 Å².